The van der Waals surface area contributed by atoms with Crippen molar-refractivity contribution in [3.63, 3.8) is 0 Å². The van der Waals surface area contributed by atoms with Crippen LogP contribution in [0.5, 0.6) is 11.5 Å². The fraction of sp³-hybridized carbons (Fsp3) is 0.0455. The Labute approximate surface area is 184 Å². The Morgan fingerprint density at radius 3 is 2.73 bits per heavy atom. The molecule has 0 saturated carbocycles. The largest absolute Gasteiger partial charge is 0.493 e. The van der Waals surface area contributed by atoms with E-state index in [-0.39, 0.29) is 0 Å². The van der Waals surface area contributed by atoms with E-state index in [0.29, 0.717) is 33.3 Å². The van der Waals surface area contributed by atoms with Crippen molar-refractivity contribution in [3.05, 3.63) is 74.6 Å². The van der Waals surface area contributed by atoms with Gasteiger partial charge in [0, 0.05) is 0 Å². The number of ether oxygens (including phenoxy) is 2. The number of halogens is 1. The van der Waals surface area contributed by atoms with Gasteiger partial charge in [-0.25, -0.2) is 9.78 Å². The van der Waals surface area contributed by atoms with Gasteiger partial charge < -0.3 is 14.5 Å². The molecule has 0 saturated heterocycles. The summed E-state index contributed by atoms with van der Waals surface area (Å²) in [6.07, 6.45) is 1.70. The average Bonchev–Trinajstić information content (AvgIpc) is 3.39. The number of carbonyl (C=O) groups is 1. The SMILES string of the molecule is COc1cc(C=C(C#N)c2nc3ccccc3[nH]2)ccc1OC(=O)c1ccc(Br)s1. The lowest BCUT2D eigenvalue weighted by molar-refractivity contribution is 0.0735. The van der Waals surface area contributed by atoms with Crippen LogP contribution in [0.25, 0.3) is 22.7 Å². The fourth-order valence-corrected chi connectivity index (χ4v) is 4.10. The van der Waals surface area contributed by atoms with Crippen LogP contribution >= 0.6 is 27.3 Å². The summed E-state index contributed by atoms with van der Waals surface area (Å²) >= 11 is 4.62. The first-order valence-electron chi connectivity index (χ1n) is 8.80. The van der Waals surface area contributed by atoms with E-state index in [0.717, 1.165) is 14.8 Å². The maximum Gasteiger partial charge on any atom is 0.353 e. The summed E-state index contributed by atoms with van der Waals surface area (Å²) in [6.45, 7) is 0. The zero-order valence-electron chi connectivity index (χ0n) is 15.7. The first-order chi connectivity index (χ1) is 14.6. The predicted molar refractivity (Wildman–Crippen MR) is 120 cm³/mol. The number of fused-ring (bicyclic) bond motifs is 1. The number of esters is 1. The van der Waals surface area contributed by atoms with Crippen LogP contribution in [0.3, 0.4) is 0 Å². The number of aromatic nitrogens is 2. The summed E-state index contributed by atoms with van der Waals surface area (Å²) in [5.41, 5.74) is 2.73. The molecule has 0 atom stereocenters. The molecule has 2 heterocycles. The Bertz CT molecular complexity index is 1280. The molecule has 0 fully saturated rings. The zero-order valence-corrected chi connectivity index (χ0v) is 18.1. The highest BCUT2D eigenvalue weighted by Crippen LogP contribution is 2.31. The molecule has 0 aliphatic rings. The van der Waals surface area contributed by atoms with Crippen LogP contribution in [0, 0.1) is 11.3 Å². The van der Waals surface area contributed by atoms with E-state index in [9.17, 15) is 10.1 Å². The maximum atomic E-state index is 12.3. The average molecular weight is 480 g/mol. The highest BCUT2D eigenvalue weighted by molar-refractivity contribution is 9.11. The molecule has 0 aliphatic carbocycles. The second-order valence-corrected chi connectivity index (χ2v) is 8.64. The molecule has 6 nitrogen and oxygen atoms in total. The van der Waals surface area contributed by atoms with Crippen LogP contribution in [-0.4, -0.2) is 23.0 Å². The number of carbonyl (C=O) groups excluding carboxylic acids is 1. The van der Waals surface area contributed by atoms with E-state index in [4.69, 9.17) is 9.47 Å². The molecule has 0 aliphatic heterocycles. The van der Waals surface area contributed by atoms with Gasteiger partial charge in [-0.3, -0.25) is 0 Å². The molecule has 2 aromatic heterocycles. The molecule has 148 valence electrons. The number of aromatic amines is 1. The first kappa shape index (κ1) is 19.9. The standard InChI is InChI=1S/C22H14BrN3O3S/c1-28-18-11-13(6-7-17(18)29-22(27)19-8-9-20(23)30-19)10-14(12-24)21-25-15-4-2-3-5-16(15)26-21/h2-11H,1H3,(H,25,26). The van der Waals surface area contributed by atoms with E-state index in [1.807, 2.05) is 24.3 Å². The quantitative estimate of drug-likeness (QED) is 0.226. The van der Waals surface area contributed by atoms with Crippen molar-refractivity contribution in [2.24, 2.45) is 0 Å². The fourth-order valence-electron chi connectivity index (χ4n) is 2.83. The number of nitrogens with zero attached hydrogens (tertiary/aromatic N) is 2. The molecule has 2 aromatic carbocycles. The maximum absolute atomic E-state index is 12.3. The Morgan fingerprint density at radius 1 is 1.20 bits per heavy atom. The van der Waals surface area contributed by atoms with Crippen molar-refractivity contribution in [2.45, 2.75) is 0 Å². The molecule has 0 bridgehead atoms. The number of rotatable bonds is 5. The highest BCUT2D eigenvalue weighted by Gasteiger charge is 2.15. The molecule has 4 aromatic rings. The molecule has 0 radical (unpaired) electrons. The molecule has 8 heteroatoms. The summed E-state index contributed by atoms with van der Waals surface area (Å²) in [6, 6.07) is 18.3. The highest BCUT2D eigenvalue weighted by atomic mass is 79.9. The third kappa shape index (κ3) is 4.13. The van der Waals surface area contributed by atoms with Gasteiger partial charge in [0.05, 0.1) is 27.5 Å². The second kappa shape index (κ2) is 8.53. The van der Waals surface area contributed by atoms with Crippen molar-refractivity contribution in [3.8, 4) is 17.6 Å². The van der Waals surface area contributed by atoms with Gasteiger partial charge in [-0.2, -0.15) is 5.26 Å². The summed E-state index contributed by atoms with van der Waals surface area (Å²) in [5.74, 6) is 0.699. The number of para-hydroxylation sites is 2. The topological polar surface area (TPSA) is 88.0 Å². The van der Waals surface area contributed by atoms with Crippen LogP contribution in [-0.2, 0) is 0 Å². The lowest BCUT2D eigenvalue weighted by atomic mass is 10.1. The van der Waals surface area contributed by atoms with Gasteiger partial charge in [0.2, 0.25) is 0 Å². The number of allylic oxidation sites excluding steroid dienone is 1. The molecular weight excluding hydrogens is 466 g/mol. The molecule has 0 unspecified atom stereocenters. The van der Waals surface area contributed by atoms with Gasteiger partial charge in [0.15, 0.2) is 11.5 Å². The molecule has 1 N–H and O–H groups in total. The van der Waals surface area contributed by atoms with Crippen molar-refractivity contribution in [2.75, 3.05) is 7.11 Å². The molecule has 4 rings (SSSR count). The summed E-state index contributed by atoms with van der Waals surface area (Å²) in [5, 5.41) is 9.61. The van der Waals surface area contributed by atoms with Crippen LogP contribution in [0.15, 0.2) is 58.4 Å². The lowest BCUT2D eigenvalue weighted by Gasteiger charge is -2.09. The number of nitriles is 1. The van der Waals surface area contributed by atoms with Gasteiger partial charge in [-0.05, 0) is 64.0 Å². The lowest BCUT2D eigenvalue weighted by Crippen LogP contribution is -2.07. The van der Waals surface area contributed by atoms with Crippen molar-refractivity contribution in [1.29, 1.82) is 5.26 Å². The number of hydrogen-bond acceptors (Lipinski definition) is 6. The normalized spacial score (nSPS) is 11.3. The zero-order chi connectivity index (χ0) is 21.1. The van der Waals surface area contributed by atoms with Crippen molar-refractivity contribution < 1.29 is 14.3 Å². The Balaban J connectivity index is 1.62. The number of methoxy groups -OCH3 is 1. The van der Waals surface area contributed by atoms with Crippen LogP contribution in [0.4, 0.5) is 0 Å². The minimum Gasteiger partial charge on any atom is -0.493 e. The Hall–Kier alpha value is -3.41. The van der Waals surface area contributed by atoms with Crippen molar-refractivity contribution in [1.82, 2.24) is 9.97 Å². The minimum atomic E-state index is -0.465. The smallest absolute Gasteiger partial charge is 0.353 e. The molecular formula is C22H14BrN3O3S. The number of benzene rings is 2. The monoisotopic (exact) mass is 479 g/mol. The number of H-pyrrole nitrogens is 1. The van der Waals surface area contributed by atoms with Gasteiger partial charge in [-0.1, -0.05) is 18.2 Å². The summed E-state index contributed by atoms with van der Waals surface area (Å²) < 4.78 is 11.7. The third-order valence-electron chi connectivity index (χ3n) is 4.24. The van der Waals surface area contributed by atoms with Crippen LogP contribution in [0.1, 0.15) is 21.1 Å². The van der Waals surface area contributed by atoms with E-state index >= 15 is 0 Å². The Morgan fingerprint density at radius 2 is 2.03 bits per heavy atom. The number of hydrogen-bond donors (Lipinski definition) is 1. The molecule has 30 heavy (non-hydrogen) atoms. The number of imidazole rings is 1. The van der Waals surface area contributed by atoms with E-state index < -0.39 is 5.97 Å². The molecule has 0 spiro atoms. The van der Waals surface area contributed by atoms with E-state index in [1.165, 1.54) is 18.4 Å². The van der Waals surface area contributed by atoms with Gasteiger partial charge in [-0.15, -0.1) is 11.3 Å². The predicted octanol–water partition coefficient (Wildman–Crippen LogP) is 5.68. The number of thiophene rings is 1. The Kier molecular flexibility index (Phi) is 5.65. The van der Waals surface area contributed by atoms with E-state index in [1.54, 1.807) is 36.4 Å². The number of nitrogens with one attached hydrogen (secondary N) is 1. The summed E-state index contributed by atoms with van der Waals surface area (Å²) in [7, 11) is 1.49. The second-order valence-electron chi connectivity index (χ2n) is 6.18. The minimum absolute atomic E-state index is 0.298. The van der Waals surface area contributed by atoms with Gasteiger partial charge in [0.25, 0.3) is 0 Å². The van der Waals surface area contributed by atoms with Gasteiger partial charge in [0.1, 0.15) is 16.8 Å². The summed E-state index contributed by atoms with van der Waals surface area (Å²) in [4.78, 5) is 20.4. The molecule has 0 amide bonds. The van der Waals surface area contributed by atoms with Crippen molar-refractivity contribution >= 4 is 55.9 Å². The van der Waals surface area contributed by atoms with Crippen LogP contribution < -0.4 is 9.47 Å². The van der Waals surface area contributed by atoms with E-state index in [2.05, 4.69) is 32.0 Å². The van der Waals surface area contributed by atoms with Crippen LogP contribution in [0.2, 0.25) is 0 Å². The third-order valence-corrected chi connectivity index (χ3v) is 5.84. The first-order valence-corrected chi connectivity index (χ1v) is 10.4. The van der Waals surface area contributed by atoms with Gasteiger partial charge >= 0.3 is 5.97 Å².